The lowest BCUT2D eigenvalue weighted by Crippen LogP contribution is -2.37. The molecule has 2 aliphatic heterocycles. The number of hydrogen-bond donors (Lipinski definition) is 2. The van der Waals surface area contributed by atoms with Gasteiger partial charge >= 0.3 is 0 Å². The smallest absolute Gasteiger partial charge is 0.251 e. The fraction of sp³-hybridized carbons (Fsp3) is 0.600. The van der Waals surface area contributed by atoms with Crippen LogP contribution < -0.4 is 25.2 Å². The SMILES string of the molecule is COc1cc(C(=O)NCC2(CN3CCCC3)CC2)ccc1Nc1ncc2c(n1)N(C1CCCC1)CCC(=O)N2C. The van der Waals surface area contributed by atoms with Gasteiger partial charge in [-0.25, -0.2) is 4.98 Å². The molecule has 1 saturated heterocycles. The van der Waals surface area contributed by atoms with Crippen LogP contribution in [0.5, 0.6) is 5.75 Å². The van der Waals surface area contributed by atoms with Gasteiger partial charge in [0.15, 0.2) is 5.82 Å². The van der Waals surface area contributed by atoms with Crippen molar-refractivity contribution in [1.82, 2.24) is 20.2 Å². The number of likely N-dealkylation sites (tertiary alicyclic amines) is 1. The maximum Gasteiger partial charge on any atom is 0.251 e. The Morgan fingerprint density at radius 2 is 1.90 bits per heavy atom. The molecular weight excluding hydrogens is 506 g/mol. The molecule has 2 N–H and O–H groups in total. The minimum atomic E-state index is -0.0845. The van der Waals surface area contributed by atoms with Gasteiger partial charge in [-0.15, -0.1) is 0 Å². The number of carbonyl (C=O) groups excluding carboxylic acids is 2. The molecule has 2 amide bonds. The predicted molar refractivity (Wildman–Crippen MR) is 156 cm³/mol. The Labute approximate surface area is 236 Å². The van der Waals surface area contributed by atoms with E-state index in [0.717, 1.165) is 30.9 Å². The Kier molecular flexibility index (Phi) is 7.53. The number of nitrogens with zero attached hydrogens (tertiary/aromatic N) is 5. The molecule has 1 aromatic carbocycles. The van der Waals surface area contributed by atoms with Gasteiger partial charge in [-0.1, -0.05) is 12.8 Å². The molecule has 1 aromatic heterocycles. The number of fused-ring (bicyclic) bond motifs is 1. The topological polar surface area (TPSA) is 103 Å². The Balaban J connectivity index is 1.16. The lowest BCUT2D eigenvalue weighted by molar-refractivity contribution is -0.118. The predicted octanol–water partition coefficient (Wildman–Crippen LogP) is 3.95. The van der Waals surface area contributed by atoms with Crippen molar-refractivity contribution < 1.29 is 14.3 Å². The zero-order chi connectivity index (χ0) is 27.7. The Morgan fingerprint density at radius 1 is 1.12 bits per heavy atom. The van der Waals surface area contributed by atoms with E-state index in [1.807, 2.05) is 6.07 Å². The second-order valence-corrected chi connectivity index (χ2v) is 11.9. The second-order valence-electron chi connectivity index (χ2n) is 11.9. The van der Waals surface area contributed by atoms with Gasteiger partial charge in [-0.05, 0) is 69.8 Å². The number of amides is 2. The van der Waals surface area contributed by atoms with E-state index < -0.39 is 0 Å². The number of rotatable bonds is 9. The molecule has 0 atom stereocenters. The van der Waals surface area contributed by atoms with Gasteiger partial charge < -0.3 is 30.1 Å². The molecule has 3 fully saturated rings. The van der Waals surface area contributed by atoms with Gasteiger partial charge in [0.05, 0.1) is 19.0 Å². The highest BCUT2D eigenvalue weighted by Gasteiger charge is 2.44. The van der Waals surface area contributed by atoms with Gasteiger partial charge in [-0.3, -0.25) is 9.59 Å². The summed E-state index contributed by atoms with van der Waals surface area (Å²) in [6.45, 7) is 4.82. The number of ether oxygens (including phenoxy) is 1. The Bertz CT molecular complexity index is 1250. The maximum absolute atomic E-state index is 13.0. The summed E-state index contributed by atoms with van der Waals surface area (Å²) in [6.07, 6.45) is 11.7. The van der Waals surface area contributed by atoms with Gasteiger partial charge in [0.2, 0.25) is 11.9 Å². The van der Waals surface area contributed by atoms with Crippen molar-refractivity contribution in [2.45, 2.75) is 63.8 Å². The summed E-state index contributed by atoms with van der Waals surface area (Å²) in [4.78, 5) is 41.6. The minimum absolute atomic E-state index is 0.0743. The van der Waals surface area contributed by atoms with Crippen LogP contribution in [0, 0.1) is 5.41 Å². The molecule has 214 valence electrons. The monoisotopic (exact) mass is 547 g/mol. The van der Waals surface area contributed by atoms with Crippen molar-refractivity contribution in [3.63, 3.8) is 0 Å². The van der Waals surface area contributed by atoms with Crippen LogP contribution in [0.15, 0.2) is 24.4 Å². The van der Waals surface area contributed by atoms with Gasteiger partial charge in [-0.2, -0.15) is 4.98 Å². The van der Waals surface area contributed by atoms with E-state index in [9.17, 15) is 9.59 Å². The van der Waals surface area contributed by atoms with Crippen LogP contribution in [0.4, 0.5) is 23.1 Å². The number of anilines is 4. The molecule has 6 rings (SSSR count). The highest BCUT2D eigenvalue weighted by atomic mass is 16.5. The third-order valence-electron chi connectivity index (χ3n) is 9.14. The van der Waals surface area contributed by atoms with E-state index in [0.29, 0.717) is 48.5 Å². The van der Waals surface area contributed by atoms with Crippen molar-refractivity contribution in [2.24, 2.45) is 5.41 Å². The van der Waals surface area contributed by atoms with E-state index in [4.69, 9.17) is 9.72 Å². The number of aromatic nitrogens is 2. The first-order chi connectivity index (χ1) is 19.4. The first-order valence-corrected chi connectivity index (χ1v) is 14.8. The fourth-order valence-electron chi connectivity index (χ4n) is 6.48. The van der Waals surface area contributed by atoms with E-state index >= 15 is 0 Å². The van der Waals surface area contributed by atoms with Crippen LogP contribution in [0.25, 0.3) is 0 Å². The molecule has 0 bridgehead atoms. The van der Waals surface area contributed by atoms with E-state index in [-0.39, 0.29) is 17.2 Å². The molecule has 2 aromatic rings. The number of nitrogens with one attached hydrogen (secondary N) is 2. The quantitative estimate of drug-likeness (QED) is 0.487. The molecule has 2 saturated carbocycles. The molecule has 40 heavy (non-hydrogen) atoms. The van der Waals surface area contributed by atoms with E-state index in [1.165, 1.54) is 51.6 Å². The maximum atomic E-state index is 13.0. The third-order valence-corrected chi connectivity index (χ3v) is 9.14. The van der Waals surface area contributed by atoms with Crippen LogP contribution in [0.1, 0.15) is 68.1 Å². The molecule has 0 unspecified atom stereocenters. The van der Waals surface area contributed by atoms with Crippen molar-refractivity contribution >= 4 is 35.0 Å². The van der Waals surface area contributed by atoms with Crippen LogP contribution in [-0.2, 0) is 4.79 Å². The van der Waals surface area contributed by atoms with E-state index in [2.05, 4.69) is 25.4 Å². The van der Waals surface area contributed by atoms with Crippen LogP contribution in [0.2, 0.25) is 0 Å². The first-order valence-electron chi connectivity index (χ1n) is 14.8. The number of carbonyl (C=O) groups is 2. The Morgan fingerprint density at radius 3 is 2.62 bits per heavy atom. The zero-order valence-electron chi connectivity index (χ0n) is 23.7. The molecule has 4 aliphatic rings. The molecule has 10 nitrogen and oxygen atoms in total. The third kappa shape index (κ3) is 5.59. The summed E-state index contributed by atoms with van der Waals surface area (Å²) in [5, 5.41) is 6.46. The first kappa shape index (κ1) is 26.8. The summed E-state index contributed by atoms with van der Waals surface area (Å²) in [6, 6.07) is 5.79. The van der Waals surface area contributed by atoms with Crippen molar-refractivity contribution in [3.05, 3.63) is 30.0 Å². The average Bonchev–Trinajstić information content (AvgIpc) is 3.30. The van der Waals surface area contributed by atoms with Crippen molar-refractivity contribution in [2.75, 3.05) is 62.0 Å². The summed E-state index contributed by atoms with van der Waals surface area (Å²) in [5.41, 5.74) is 2.21. The highest BCUT2D eigenvalue weighted by Crippen LogP contribution is 2.46. The van der Waals surface area contributed by atoms with Crippen LogP contribution >= 0.6 is 0 Å². The van der Waals surface area contributed by atoms with Gasteiger partial charge in [0, 0.05) is 50.1 Å². The number of hydrogen-bond acceptors (Lipinski definition) is 8. The molecule has 0 spiro atoms. The summed E-state index contributed by atoms with van der Waals surface area (Å²) in [7, 11) is 3.39. The standard InChI is InChI=1S/C30H41N7O3/c1-35-24-18-31-29(34-27(24)37(16-11-26(35)38)22-7-3-4-8-22)33-23-10-9-21(17-25(23)40-2)28(39)32-19-30(12-13-30)20-36-14-5-6-15-36/h9-10,17-18,22H,3-8,11-16,19-20H2,1-2H3,(H,32,39)(H,31,33,34). The summed E-state index contributed by atoms with van der Waals surface area (Å²) in [5.74, 6) is 1.75. The van der Waals surface area contributed by atoms with Gasteiger partial charge in [0.1, 0.15) is 11.4 Å². The van der Waals surface area contributed by atoms with Crippen LogP contribution in [-0.4, -0.2) is 79.6 Å². The molecule has 0 radical (unpaired) electrons. The zero-order valence-corrected chi connectivity index (χ0v) is 23.7. The summed E-state index contributed by atoms with van der Waals surface area (Å²) < 4.78 is 5.65. The van der Waals surface area contributed by atoms with Gasteiger partial charge in [0.25, 0.3) is 5.91 Å². The van der Waals surface area contributed by atoms with Crippen molar-refractivity contribution in [3.8, 4) is 5.75 Å². The highest BCUT2D eigenvalue weighted by molar-refractivity contribution is 5.97. The summed E-state index contributed by atoms with van der Waals surface area (Å²) >= 11 is 0. The number of methoxy groups -OCH3 is 1. The molecule has 10 heteroatoms. The van der Waals surface area contributed by atoms with E-state index in [1.54, 1.807) is 37.4 Å². The number of benzene rings is 1. The largest absolute Gasteiger partial charge is 0.495 e. The average molecular weight is 548 g/mol. The lowest BCUT2D eigenvalue weighted by Gasteiger charge is -2.30. The Hall–Kier alpha value is -3.40. The van der Waals surface area contributed by atoms with Crippen molar-refractivity contribution in [1.29, 1.82) is 0 Å². The molecular formula is C30H41N7O3. The molecule has 2 aliphatic carbocycles. The second kappa shape index (κ2) is 11.2. The minimum Gasteiger partial charge on any atom is -0.495 e. The fourth-order valence-corrected chi connectivity index (χ4v) is 6.48. The normalized spacial score (nSPS) is 20.8. The molecule has 3 heterocycles. The lowest BCUT2D eigenvalue weighted by atomic mass is 10.1. The van der Waals surface area contributed by atoms with Crippen LogP contribution in [0.3, 0.4) is 0 Å².